The van der Waals surface area contributed by atoms with Gasteiger partial charge in [0.1, 0.15) is 4.90 Å². The zero-order chi connectivity index (χ0) is 13.4. The molecule has 5 nitrogen and oxygen atoms in total. The number of hydrogen-bond donors (Lipinski definition) is 2. The highest BCUT2D eigenvalue weighted by atomic mass is 32.2. The van der Waals surface area contributed by atoms with E-state index >= 15 is 0 Å². The third kappa shape index (κ3) is 4.47. The number of hydrogen-bond acceptors (Lipinski definition) is 5. The summed E-state index contributed by atoms with van der Waals surface area (Å²) in [5, 5.41) is 3.02. The lowest BCUT2D eigenvalue weighted by Crippen LogP contribution is -2.26. The van der Waals surface area contributed by atoms with Crippen LogP contribution in [0.1, 0.15) is 13.3 Å². The molecule has 1 heterocycles. The maximum Gasteiger partial charge on any atom is 0.244 e. The first-order chi connectivity index (χ1) is 8.61. The number of pyridine rings is 1. The predicted molar refractivity (Wildman–Crippen MR) is 76.6 cm³/mol. The average molecular weight is 289 g/mol. The number of aromatic nitrogens is 1. The number of nitrogens with zero attached hydrogens (tertiary/aromatic N) is 1. The van der Waals surface area contributed by atoms with Crippen LogP contribution in [-0.2, 0) is 10.0 Å². The third-order valence-corrected chi connectivity index (χ3v) is 4.44. The topological polar surface area (TPSA) is 71.1 Å². The quantitative estimate of drug-likeness (QED) is 0.710. The lowest BCUT2D eigenvalue weighted by atomic mass is 10.4. The van der Waals surface area contributed by atoms with Gasteiger partial charge in [-0.25, -0.2) is 13.1 Å². The normalized spacial score (nSPS) is 11.4. The molecule has 0 saturated heterocycles. The molecule has 0 aliphatic heterocycles. The summed E-state index contributed by atoms with van der Waals surface area (Å²) in [7, 11) is -3.48. The van der Waals surface area contributed by atoms with Gasteiger partial charge in [0.05, 0.1) is 5.69 Å². The van der Waals surface area contributed by atoms with Gasteiger partial charge in [-0.15, -0.1) is 0 Å². The van der Waals surface area contributed by atoms with Crippen LogP contribution in [0.2, 0.25) is 0 Å². The Morgan fingerprint density at radius 3 is 2.89 bits per heavy atom. The molecule has 7 heteroatoms. The maximum atomic E-state index is 12.1. The first kappa shape index (κ1) is 15.3. The molecular formula is C11H19N3O2S2. The highest BCUT2D eigenvalue weighted by molar-refractivity contribution is 7.98. The van der Waals surface area contributed by atoms with Gasteiger partial charge in [-0.2, -0.15) is 11.8 Å². The Morgan fingerprint density at radius 2 is 2.22 bits per heavy atom. The zero-order valence-electron chi connectivity index (χ0n) is 10.6. The van der Waals surface area contributed by atoms with Gasteiger partial charge in [0.25, 0.3) is 0 Å². The number of rotatable bonds is 8. The van der Waals surface area contributed by atoms with Crippen LogP contribution in [0.5, 0.6) is 0 Å². The first-order valence-corrected chi connectivity index (χ1v) is 8.66. The van der Waals surface area contributed by atoms with Gasteiger partial charge in [0.15, 0.2) is 0 Å². The molecule has 0 amide bonds. The van der Waals surface area contributed by atoms with Crippen LogP contribution in [0.3, 0.4) is 0 Å². The summed E-state index contributed by atoms with van der Waals surface area (Å²) in [6.07, 6.45) is 5.76. The second-order valence-corrected chi connectivity index (χ2v) is 6.37. The van der Waals surface area contributed by atoms with E-state index in [1.54, 1.807) is 24.0 Å². The molecule has 0 saturated carbocycles. The summed E-state index contributed by atoms with van der Waals surface area (Å²) in [6, 6.07) is 1.67. The number of thioether (sulfide) groups is 1. The van der Waals surface area contributed by atoms with Crippen molar-refractivity contribution in [2.75, 3.05) is 30.4 Å². The molecule has 0 spiro atoms. The summed E-state index contributed by atoms with van der Waals surface area (Å²) in [5.41, 5.74) is 0.588. The Hall–Kier alpha value is -0.790. The maximum absolute atomic E-state index is 12.1. The second kappa shape index (κ2) is 7.60. The minimum absolute atomic E-state index is 0.205. The number of nitrogens with one attached hydrogen (secondary N) is 2. The monoisotopic (exact) mass is 289 g/mol. The van der Waals surface area contributed by atoms with E-state index in [0.717, 1.165) is 12.2 Å². The minimum Gasteiger partial charge on any atom is -0.384 e. The van der Waals surface area contributed by atoms with Gasteiger partial charge in [-0.05, 0) is 31.4 Å². The predicted octanol–water partition coefficient (Wildman–Crippen LogP) is 1.54. The van der Waals surface area contributed by atoms with E-state index in [9.17, 15) is 8.42 Å². The van der Waals surface area contributed by atoms with Crippen molar-refractivity contribution in [3.8, 4) is 0 Å². The lowest BCUT2D eigenvalue weighted by Gasteiger charge is -2.11. The fraction of sp³-hybridized carbons (Fsp3) is 0.545. The Balaban J connectivity index is 2.77. The van der Waals surface area contributed by atoms with E-state index in [0.29, 0.717) is 18.8 Å². The molecule has 1 rings (SSSR count). The van der Waals surface area contributed by atoms with Crippen molar-refractivity contribution >= 4 is 27.5 Å². The molecule has 0 aliphatic carbocycles. The molecule has 0 aliphatic rings. The largest absolute Gasteiger partial charge is 0.384 e. The molecule has 0 fully saturated rings. The van der Waals surface area contributed by atoms with Gasteiger partial charge in [0.2, 0.25) is 10.0 Å². The Labute approximate surface area is 113 Å². The molecule has 1 aromatic heterocycles. The summed E-state index contributed by atoms with van der Waals surface area (Å²) in [4.78, 5) is 4.08. The molecule has 0 aromatic carbocycles. The smallest absolute Gasteiger partial charge is 0.244 e. The summed E-state index contributed by atoms with van der Waals surface area (Å²) in [6.45, 7) is 3.03. The standard InChI is InChI=1S/C11H19N3O2S2/c1-3-13-10-5-7-12-9-11(10)18(15,16)14-6-4-8-17-2/h5,7,9,14H,3-4,6,8H2,1-2H3,(H,12,13). The van der Waals surface area contributed by atoms with Gasteiger partial charge < -0.3 is 5.32 Å². The fourth-order valence-electron chi connectivity index (χ4n) is 1.43. The van der Waals surface area contributed by atoms with Crippen LogP contribution in [0.4, 0.5) is 5.69 Å². The van der Waals surface area contributed by atoms with Crippen LogP contribution in [0.25, 0.3) is 0 Å². The van der Waals surface area contributed by atoms with E-state index in [2.05, 4.69) is 15.0 Å². The van der Waals surface area contributed by atoms with E-state index < -0.39 is 10.0 Å². The Bertz CT molecular complexity index is 463. The van der Waals surface area contributed by atoms with Crippen LogP contribution in [0.15, 0.2) is 23.4 Å². The van der Waals surface area contributed by atoms with Crippen molar-refractivity contribution in [1.29, 1.82) is 0 Å². The summed E-state index contributed by atoms with van der Waals surface area (Å²) < 4.78 is 26.8. The Morgan fingerprint density at radius 1 is 1.44 bits per heavy atom. The average Bonchev–Trinajstić information content (AvgIpc) is 2.36. The van der Waals surface area contributed by atoms with Crippen LogP contribution in [-0.4, -0.2) is 38.5 Å². The van der Waals surface area contributed by atoms with Crippen molar-refractivity contribution in [3.05, 3.63) is 18.5 Å². The van der Waals surface area contributed by atoms with Crippen molar-refractivity contribution in [2.24, 2.45) is 0 Å². The van der Waals surface area contributed by atoms with Gasteiger partial charge >= 0.3 is 0 Å². The number of sulfonamides is 1. The highest BCUT2D eigenvalue weighted by Gasteiger charge is 2.17. The van der Waals surface area contributed by atoms with Crippen LogP contribution >= 0.6 is 11.8 Å². The van der Waals surface area contributed by atoms with Crippen molar-refractivity contribution in [1.82, 2.24) is 9.71 Å². The molecule has 0 atom stereocenters. The van der Waals surface area contributed by atoms with E-state index in [1.807, 2.05) is 13.2 Å². The van der Waals surface area contributed by atoms with E-state index in [1.165, 1.54) is 6.20 Å². The van der Waals surface area contributed by atoms with Crippen molar-refractivity contribution < 1.29 is 8.42 Å². The first-order valence-electron chi connectivity index (χ1n) is 5.78. The minimum atomic E-state index is -3.48. The molecule has 1 aromatic rings. The molecule has 102 valence electrons. The van der Waals surface area contributed by atoms with E-state index in [4.69, 9.17) is 0 Å². The van der Waals surface area contributed by atoms with Gasteiger partial charge in [-0.1, -0.05) is 0 Å². The molecule has 0 radical (unpaired) electrons. The fourth-order valence-corrected chi connectivity index (χ4v) is 3.06. The van der Waals surface area contributed by atoms with Crippen LogP contribution < -0.4 is 10.0 Å². The van der Waals surface area contributed by atoms with Crippen molar-refractivity contribution in [3.63, 3.8) is 0 Å². The Kier molecular flexibility index (Phi) is 6.45. The third-order valence-electron chi connectivity index (χ3n) is 2.26. The molecule has 0 bridgehead atoms. The molecule has 0 unspecified atom stereocenters. The van der Waals surface area contributed by atoms with Gasteiger partial charge in [0, 0.05) is 25.5 Å². The summed E-state index contributed by atoms with van der Waals surface area (Å²) >= 11 is 1.70. The lowest BCUT2D eigenvalue weighted by molar-refractivity contribution is 0.581. The highest BCUT2D eigenvalue weighted by Crippen LogP contribution is 2.18. The zero-order valence-corrected chi connectivity index (χ0v) is 12.3. The van der Waals surface area contributed by atoms with Crippen molar-refractivity contribution in [2.45, 2.75) is 18.2 Å². The summed E-state index contributed by atoms with van der Waals surface area (Å²) in [5.74, 6) is 0.940. The van der Waals surface area contributed by atoms with Gasteiger partial charge in [-0.3, -0.25) is 4.98 Å². The molecule has 2 N–H and O–H groups in total. The van der Waals surface area contributed by atoms with Crippen LogP contribution in [0, 0.1) is 0 Å². The second-order valence-electron chi connectivity index (χ2n) is 3.65. The SMILES string of the molecule is CCNc1ccncc1S(=O)(=O)NCCCSC. The number of anilines is 1. The molecular weight excluding hydrogens is 270 g/mol. The van der Waals surface area contributed by atoms with E-state index in [-0.39, 0.29) is 4.90 Å². The molecule has 18 heavy (non-hydrogen) atoms.